The Bertz CT molecular complexity index is 1300. The van der Waals surface area contributed by atoms with E-state index >= 15 is 0 Å². The maximum Gasteiger partial charge on any atom is 0.490 e. The highest BCUT2D eigenvalue weighted by atomic mass is 79.9. The fourth-order valence-corrected chi connectivity index (χ4v) is 4.00. The fourth-order valence-electron chi connectivity index (χ4n) is 2.50. The van der Waals surface area contributed by atoms with Crippen LogP contribution in [-0.4, -0.2) is 47.3 Å². The van der Waals surface area contributed by atoms with Gasteiger partial charge in [0.05, 0.1) is 16.8 Å². The number of carboxylic acids is 1. The minimum atomic E-state index is -5.08. The number of aryl methyl sites for hydroxylation is 1. The van der Waals surface area contributed by atoms with Gasteiger partial charge >= 0.3 is 12.1 Å². The van der Waals surface area contributed by atoms with E-state index < -0.39 is 22.0 Å². The summed E-state index contributed by atoms with van der Waals surface area (Å²) in [6.07, 6.45) is -0.653. The second-order valence-corrected chi connectivity index (χ2v) is 10.0. The van der Waals surface area contributed by atoms with E-state index in [0.29, 0.717) is 17.3 Å². The predicted molar refractivity (Wildman–Crippen MR) is 126 cm³/mol. The first-order chi connectivity index (χ1) is 16.8. The van der Waals surface area contributed by atoms with Gasteiger partial charge in [0.15, 0.2) is 9.84 Å². The first kappa shape index (κ1) is 28.7. The van der Waals surface area contributed by atoms with Gasteiger partial charge in [-0.1, -0.05) is 15.9 Å². The molecule has 0 saturated carbocycles. The molecule has 1 heterocycles. The zero-order valence-electron chi connectivity index (χ0n) is 18.5. The summed E-state index contributed by atoms with van der Waals surface area (Å²) in [6, 6.07) is 11.5. The van der Waals surface area contributed by atoms with Crippen molar-refractivity contribution < 1.29 is 41.0 Å². The van der Waals surface area contributed by atoms with Gasteiger partial charge in [0.25, 0.3) is 0 Å². The van der Waals surface area contributed by atoms with Crippen LogP contribution in [0, 0.1) is 6.92 Å². The highest BCUT2D eigenvalue weighted by Crippen LogP contribution is 2.25. The number of carbonyl (C=O) groups excluding carboxylic acids is 1. The third kappa shape index (κ3) is 9.26. The van der Waals surface area contributed by atoms with Gasteiger partial charge < -0.3 is 15.2 Å². The van der Waals surface area contributed by atoms with Crippen molar-refractivity contribution in [1.82, 2.24) is 9.97 Å². The van der Waals surface area contributed by atoms with Crippen molar-refractivity contribution in [3.8, 4) is 11.6 Å². The number of nitrogens with zero attached hydrogens (tertiary/aromatic N) is 2. The maximum absolute atomic E-state index is 12.4. The average Bonchev–Trinajstić information content (AvgIpc) is 2.80. The van der Waals surface area contributed by atoms with E-state index in [1.165, 1.54) is 24.5 Å². The van der Waals surface area contributed by atoms with E-state index in [2.05, 4.69) is 31.2 Å². The molecule has 0 aliphatic carbocycles. The zero-order valence-corrected chi connectivity index (χ0v) is 20.9. The maximum atomic E-state index is 12.4. The van der Waals surface area contributed by atoms with Gasteiger partial charge in [0.2, 0.25) is 11.8 Å². The summed E-state index contributed by atoms with van der Waals surface area (Å²) in [5.41, 5.74) is 1.36. The van der Waals surface area contributed by atoms with E-state index in [1.807, 2.05) is 6.92 Å². The molecule has 0 fully saturated rings. The summed E-state index contributed by atoms with van der Waals surface area (Å²) < 4.78 is 62.8. The largest absolute Gasteiger partial charge is 0.490 e. The lowest BCUT2D eigenvalue weighted by molar-refractivity contribution is -0.192. The van der Waals surface area contributed by atoms with E-state index in [1.54, 1.807) is 36.5 Å². The molecule has 2 N–H and O–H groups in total. The van der Waals surface area contributed by atoms with Crippen molar-refractivity contribution in [1.29, 1.82) is 0 Å². The first-order valence-corrected chi connectivity index (χ1v) is 12.4. The van der Waals surface area contributed by atoms with Gasteiger partial charge in [0.1, 0.15) is 5.75 Å². The number of carbonyl (C=O) groups is 2. The number of anilines is 1. The number of carboxylic acid groups (broad SMARTS) is 1. The molecule has 3 aromatic rings. The molecule has 9 nitrogen and oxygen atoms in total. The van der Waals surface area contributed by atoms with Gasteiger partial charge in [-0.25, -0.2) is 18.2 Å². The summed E-state index contributed by atoms with van der Waals surface area (Å²) in [6.45, 7) is 1.82. The van der Waals surface area contributed by atoms with E-state index in [-0.39, 0.29) is 23.0 Å². The molecule has 0 atom stereocenters. The highest BCUT2D eigenvalue weighted by Gasteiger charge is 2.38. The molecule has 2 aromatic carbocycles. The van der Waals surface area contributed by atoms with Gasteiger partial charge in [-0.05, 0) is 55.0 Å². The minimum Gasteiger partial charge on any atom is -0.475 e. The topological polar surface area (TPSA) is 136 Å². The van der Waals surface area contributed by atoms with Crippen LogP contribution in [0.25, 0.3) is 0 Å². The van der Waals surface area contributed by atoms with E-state index in [0.717, 1.165) is 10.0 Å². The number of ether oxygens (including phenoxy) is 1. The molecule has 0 spiro atoms. The summed E-state index contributed by atoms with van der Waals surface area (Å²) in [4.78, 5) is 29.3. The van der Waals surface area contributed by atoms with Crippen molar-refractivity contribution in [2.45, 2.75) is 24.4 Å². The molecule has 0 radical (unpaired) electrons. The summed E-state index contributed by atoms with van der Waals surface area (Å²) >= 11 is 3.27. The Morgan fingerprint density at radius 2 is 1.75 bits per heavy atom. The Labute approximate surface area is 212 Å². The molecule has 0 unspecified atom stereocenters. The molecule has 1 aromatic heterocycles. The van der Waals surface area contributed by atoms with Gasteiger partial charge in [-0.15, -0.1) is 0 Å². The molecule has 0 bridgehead atoms. The Morgan fingerprint density at radius 1 is 1.11 bits per heavy atom. The number of aromatic nitrogens is 2. The second kappa shape index (κ2) is 12.4. The smallest absolute Gasteiger partial charge is 0.475 e. The standard InChI is InChI=1S/C20H18BrN3O4S.C2HF3O2/c1-14-12-16(28-20-13-22-9-10-23-20)4-7-18(14)24-19(25)8-11-29(26,27)17-5-2-15(21)3-6-17;3-2(4,5)1(6)7/h2-7,9-10,12-13H,8,11H2,1H3,(H,24,25);(H,6,7). The Hall–Kier alpha value is -3.52. The zero-order chi connectivity index (χ0) is 26.9. The summed E-state index contributed by atoms with van der Waals surface area (Å²) in [5, 5.41) is 9.87. The molecule has 0 saturated heterocycles. The van der Waals surface area contributed by atoms with Crippen LogP contribution < -0.4 is 10.1 Å². The van der Waals surface area contributed by atoms with Crippen molar-refractivity contribution in [3.63, 3.8) is 0 Å². The number of halogens is 4. The molecule has 1 amide bonds. The number of amides is 1. The fraction of sp³-hybridized carbons (Fsp3) is 0.182. The van der Waals surface area contributed by atoms with Crippen LogP contribution in [0.5, 0.6) is 11.6 Å². The average molecular weight is 590 g/mol. The molecule has 3 rings (SSSR count). The lowest BCUT2D eigenvalue weighted by Crippen LogP contribution is -2.21. The van der Waals surface area contributed by atoms with E-state index in [9.17, 15) is 26.4 Å². The third-order valence-electron chi connectivity index (χ3n) is 4.25. The first-order valence-electron chi connectivity index (χ1n) is 9.91. The molecule has 0 aliphatic heterocycles. The normalized spacial score (nSPS) is 11.1. The van der Waals surface area contributed by atoms with Crippen LogP contribution in [0.2, 0.25) is 0 Å². The quantitative estimate of drug-likeness (QED) is 0.402. The second-order valence-electron chi connectivity index (χ2n) is 7.00. The lowest BCUT2D eigenvalue weighted by atomic mass is 10.2. The number of aliphatic carboxylic acids is 1. The number of alkyl halides is 3. The number of hydrogen-bond acceptors (Lipinski definition) is 7. The van der Waals surface area contributed by atoms with Gasteiger partial charge in [-0.2, -0.15) is 13.2 Å². The minimum absolute atomic E-state index is 0.143. The molecule has 36 heavy (non-hydrogen) atoms. The third-order valence-corrected chi connectivity index (χ3v) is 6.51. The predicted octanol–water partition coefficient (Wildman–Crippen LogP) is 4.78. The van der Waals surface area contributed by atoms with Crippen molar-refractivity contribution >= 4 is 43.3 Å². The van der Waals surface area contributed by atoms with Crippen LogP contribution in [0.3, 0.4) is 0 Å². The molecular formula is C22H19BrF3N3O6S. The van der Waals surface area contributed by atoms with Gasteiger partial charge in [0, 0.05) is 29.0 Å². The number of benzene rings is 2. The Balaban J connectivity index is 0.000000572. The van der Waals surface area contributed by atoms with Crippen molar-refractivity contribution in [2.75, 3.05) is 11.1 Å². The van der Waals surface area contributed by atoms with Crippen LogP contribution in [0.1, 0.15) is 12.0 Å². The Morgan fingerprint density at radius 3 is 2.28 bits per heavy atom. The van der Waals surface area contributed by atoms with Crippen molar-refractivity contribution in [3.05, 3.63) is 71.1 Å². The molecule has 14 heteroatoms. The van der Waals surface area contributed by atoms with E-state index in [4.69, 9.17) is 14.6 Å². The molecule has 0 aliphatic rings. The molecule has 192 valence electrons. The van der Waals surface area contributed by atoms with Gasteiger partial charge in [-0.3, -0.25) is 9.78 Å². The van der Waals surface area contributed by atoms with Crippen molar-refractivity contribution in [2.24, 2.45) is 0 Å². The molecular weight excluding hydrogens is 571 g/mol. The number of hydrogen-bond donors (Lipinski definition) is 2. The monoisotopic (exact) mass is 589 g/mol. The number of rotatable bonds is 7. The lowest BCUT2D eigenvalue weighted by Gasteiger charge is -2.11. The number of sulfone groups is 1. The summed E-state index contributed by atoms with van der Waals surface area (Å²) in [7, 11) is -3.53. The van der Waals surface area contributed by atoms with Crippen LogP contribution in [0.15, 0.2) is 70.4 Å². The Kier molecular flexibility index (Phi) is 9.93. The number of nitrogens with one attached hydrogen (secondary N) is 1. The SMILES string of the molecule is Cc1cc(Oc2cnccn2)ccc1NC(=O)CCS(=O)(=O)c1ccc(Br)cc1.O=C(O)C(F)(F)F. The van der Waals surface area contributed by atoms with Crippen LogP contribution in [-0.2, 0) is 19.4 Å². The summed E-state index contributed by atoms with van der Waals surface area (Å²) in [5.74, 6) is -2.49. The highest BCUT2D eigenvalue weighted by molar-refractivity contribution is 9.10. The van der Waals surface area contributed by atoms with Crippen LogP contribution >= 0.6 is 15.9 Å². The van der Waals surface area contributed by atoms with Crippen LogP contribution in [0.4, 0.5) is 18.9 Å².